The number of para-hydroxylation sites is 1. The van der Waals surface area contributed by atoms with E-state index >= 15 is 0 Å². The lowest BCUT2D eigenvalue weighted by atomic mass is 9.97. The quantitative estimate of drug-likeness (QED) is 0.637. The molecule has 2 amide bonds. The van der Waals surface area contributed by atoms with Crippen molar-refractivity contribution in [1.29, 1.82) is 0 Å². The van der Waals surface area contributed by atoms with Gasteiger partial charge < -0.3 is 15.0 Å². The molecule has 31 heavy (non-hydrogen) atoms. The van der Waals surface area contributed by atoms with E-state index in [1.54, 1.807) is 31.2 Å². The van der Waals surface area contributed by atoms with Crippen LogP contribution >= 0.6 is 23.2 Å². The molecule has 164 valence electrons. The highest BCUT2D eigenvalue weighted by Crippen LogP contribution is 2.40. The smallest absolute Gasteiger partial charge is 0.260 e. The molecule has 0 aliphatic heterocycles. The molecule has 2 aromatic rings. The number of carbonyl (C=O) groups is 3. The van der Waals surface area contributed by atoms with Crippen molar-refractivity contribution < 1.29 is 19.1 Å². The number of benzene rings is 2. The molecule has 1 aliphatic rings. The lowest BCUT2D eigenvalue weighted by Crippen LogP contribution is -2.40. The summed E-state index contributed by atoms with van der Waals surface area (Å²) in [6, 6.07) is 8.52. The molecule has 6 nitrogen and oxygen atoms in total. The average Bonchev–Trinajstić information content (AvgIpc) is 3.03. The summed E-state index contributed by atoms with van der Waals surface area (Å²) < 4.78 is 5.72. The van der Waals surface area contributed by atoms with E-state index in [0.29, 0.717) is 40.0 Å². The predicted octanol–water partition coefficient (Wildman–Crippen LogP) is 4.86. The van der Waals surface area contributed by atoms with Crippen LogP contribution in [0.3, 0.4) is 0 Å². The van der Waals surface area contributed by atoms with Gasteiger partial charge in [-0.2, -0.15) is 0 Å². The zero-order valence-corrected chi connectivity index (χ0v) is 19.1. The minimum atomic E-state index is -0.426. The van der Waals surface area contributed by atoms with Gasteiger partial charge in [0.2, 0.25) is 5.91 Å². The number of rotatable bonds is 7. The molecule has 0 saturated carbocycles. The number of aryl methyl sites for hydroxylation is 1. The third kappa shape index (κ3) is 5.02. The Labute approximate surface area is 191 Å². The largest absolute Gasteiger partial charge is 0.483 e. The van der Waals surface area contributed by atoms with Gasteiger partial charge in [0, 0.05) is 13.0 Å². The molecule has 0 radical (unpaired) electrons. The van der Waals surface area contributed by atoms with E-state index in [4.69, 9.17) is 27.9 Å². The molecule has 1 atom stereocenters. The summed E-state index contributed by atoms with van der Waals surface area (Å²) in [6.07, 6.45) is 0.441. The van der Waals surface area contributed by atoms with Crippen molar-refractivity contribution in [2.75, 3.05) is 25.0 Å². The maximum atomic E-state index is 12.7. The van der Waals surface area contributed by atoms with Crippen LogP contribution in [0.5, 0.6) is 5.75 Å². The Kier molecular flexibility index (Phi) is 7.23. The number of nitrogens with zero attached hydrogens (tertiary/aromatic N) is 1. The second-order valence-electron chi connectivity index (χ2n) is 7.54. The fourth-order valence-corrected chi connectivity index (χ4v) is 4.30. The first-order valence-electron chi connectivity index (χ1n) is 10.0. The minimum Gasteiger partial charge on any atom is -0.483 e. The Morgan fingerprint density at radius 1 is 1.19 bits per heavy atom. The molecule has 1 N–H and O–H groups in total. The van der Waals surface area contributed by atoms with Gasteiger partial charge >= 0.3 is 0 Å². The van der Waals surface area contributed by atoms with Crippen molar-refractivity contribution in [3.63, 3.8) is 0 Å². The second kappa shape index (κ2) is 9.71. The summed E-state index contributed by atoms with van der Waals surface area (Å²) in [6.45, 7) is 5.60. The molecule has 8 heteroatoms. The molecule has 0 fully saturated rings. The number of likely N-dealkylation sites (N-methyl/N-ethyl adjacent to an activating group) is 1. The van der Waals surface area contributed by atoms with Crippen LogP contribution in [-0.4, -0.2) is 42.2 Å². The second-order valence-corrected chi connectivity index (χ2v) is 8.35. The van der Waals surface area contributed by atoms with Crippen LogP contribution in [0.15, 0.2) is 30.3 Å². The molecular weight excluding hydrogens is 439 g/mol. The predicted molar refractivity (Wildman–Crippen MR) is 121 cm³/mol. The number of fused-ring (bicyclic) bond motifs is 1. The van der Waals surface area contributed by atoms with E-state index in [1.807, 2.05) is 19.9 Å². The third-order valence-electron chi connectivity index (χ3n) is 5.34. The van der Waals surface area contributed by atoms with Crippen LogP contribution in [0.4, 0.5) is 5.69 Å². The van der Waals surface area contributed by atoms with Gasteiger partial charge in [0.05, 0.1) is 27.8 Å². The van der Waals surface area contributed by atoms with E-state index in [2.05, 4.69) is 5.32 Å². The Balaban J connectivity index is 1.65. The molecule has 0 saturated heterocycles. The monoisotopic (exact) mass is 462 g/mol. The van der Waals surface area contributed by atoms with Gasteiger partial charge in [0.15, 0.2) is 12.4 Å². The Morgan fingerprint density at radius 2 is 1.87 bits per heavy atom. The van der Waals surface area contributed by atoms with Crippen LogP contribution in [0, 0.1) is 6.92 Å². The van der Waals surface area contributed by atoms with Crippen LogP contribution in [0.2, 0.25) is 10.0 Å². The summed E-state index contributed by atoms with van der Waals surface area (Å²) in [5.74, 6) is -0.223. The van der Waals surface area contributed by atoms with E-state index in [9.17, 15) is 14.4 Å². The molecule has 0 spiro atoms. The maximum absolute atomic E-state index is 12.7. The van der Waals surface area contributed by atoms with E-state index in [0.717, 1.165) is 11.1 Å². The number of hydrogen-bond acceptors (Lipinski definition) is 4. The molecule has 1 aliphatic carbocycles. The van der Waals surface area contributed by atoms with Gasteiger partial charge in [0.25, 0.3) is 5.91 Å². The highest BCUT2D eigenvalue weighted by atomic mass is 35.5. The first-order chi connectivity index (χ1) is 14.7. The van der Waals surface area contributed by atoms with Crippen LogP contribution in [0.25, 0.3) is 0 Å². The molecule has 1 unspecified atom stereocenters. The highest BCUT2D eigenvalue weighted by molar-refractivity contribution is 6.39. The normalized spacial score (nSPS) is 14.9. The van der Waals surface area contributed by atoms with E-state index in [-0.39, 0.29) is 30.8 Å². The number of Topliss-reactive ketones (excluding diaryl/α,β-unsaturated/α-hetero) is 1. The third-order valence-corrected chi connectivity index (χ3v) is 5.97. The van der Waals surface area contributed by atoms with Gasteiger partial charge in [-0.25, -0.2) is 0 Å². The van der Waals surface area contributed by atoms with Crippen molar-refractivity contribution in [1.82, 2.24) is 4.90 Å². The Morgan fingerprint density at radius 3 is 2.52 bits per heavy atom. The first kappa shape index (κ1) is 23.1. The van der Waals surface area contributed by atoms with E-state index < -0.39 is 5.91 Å². The lowest BCUT2D eigenvalue weighted by Gasteiger charge is -2.21. The van der Waals surface area contributed by atoms with Crippen molar-refractivity contribution in [2.24, 2.45) is 0 Å². The zero-order chi connectivity index (χ0) is 22.7. The van der Waals surface area contributed by atoms with Crippen molar-refractivity contribution in [3.05, 3.63) is 57.1 Å². The lowest BCUT2D eigenvalue weighted by molar-refractivity contribution is -0.136. The summed E-state index contributed by atoms with van der Waals surface area (Å²) in [7, 11) is 0. The average molecular weight is 463 g/mol. The molecule has 2 aromatic carbocycles. The standard InChI is InChI=1S/C23H24Cl2N2O4/c1-4-27(11-19(29)26-23-15(24)6-5-7-16(23)25)20(30)12-31-18-9-8-13(2)21-14(3)10-17(28)22(18)21/h5-9,14H,4,10-12H2,1-3H3,(H,26,29). The van der Waals surface area contributed by atoms with Crippen molar-refractivity contribution in [2.45, 2.75) is 33.1 Å². The van der Waals surface area contributed by atoms with Gasteiger partial charge in [-0.05, 0) is 49.1 Å². The SMILES string of the molecule is CCN(CC(=O)Nc1c(Cl)cccc1Cl)C(=O)COc1ccc(C)c2c1C(=O)CC2C. The number of hydrogen-bond donors (Lipinski definition) is 1. The molecular formula is C23H24Cl2N2O4. The van der Waals surface area contributed by atoms with Crippen molar-refractivity contribution in [3.8, 4) is 5.75 Å². The Bertz CT molecular complexity index is 1020. The molecule has 0 bridgehead atoms. The van der Waals surface area contributed by atoms with Crippen LogP contribution in [0.1, 0.15) is 47.7 Å². The number of ketones is 1. The number of halogens is 2. The fraction of sp³-hybridized carbons (Fsp3) is 0.348. The summed E-state index contributed by atoms with van der Waals surface area (Å²) in [5, 5.41) is 3.26. The number of ether oxygens (including phenoxy) is 1. The highest BCUT2D eigenvalue weighted by Gasteiger charge is 2.31. The zero-order valence-electron chi connectivity index (χ0n) is 17.6. The fourth-order valence-electron chi connectivity index (χ4n) is 3.81. The van der Waals surface area contributed by atoms with Gasteiger partial charge in [-0.3, -0.25) is 14.4 Å². The number of anilines is 1. The van der Waals surface area contributed by atoms with Gasteiger partial charge in [-0.15, -0.1) is 0 Å². The minimum absolute atomic E-state index is 0.0250. The number of carbonyl (C=O) groups excluding carboxylic acids is 3. The summed E-state index contributed by atoms with van der Waals surface area (Å²) in [4.78, 5) is 38.9. The molecule has 0 aromatic heterocycles. The first-order valence-corrected chi connectivity index (χ1v) is 10.8. The van der Waals surface area contributed by atoms with Gasteiger partial charge in [0.1, 0.15) is 5.75 Å². The number of nitrogens with one attached hydrogen (secondary N) is 1. The number of amides is 2. The van der Waals surface area contributed by atoms with Gasteiger partial charge in [-0.1, -0.05) is 42.3 Å². The van der Waals surface area contributed by atoms with Crippen LogP contribution in [-0.2, 0) is 9.59 Å². The Hall–Kier alpha value is -2.57. The summed E-state index contributed by atoms with van der Waals surface area (Å²) in [5.41, 5.74) is 2.89. The topological polar surface area (TPSA) is 75.7 Å². The van der Waals surface area contributed by atoms with E-state index in [1.165, 1.54) is 4.90 Å². The van der Waals surface area contributed by atoms with Crippen molar-refractivity contribution >= 4 is 46.5 Å². The van der Waals surface area contributed by atoms with Crippen LogP contribution < -0.4 is 10.1 Å². The summed E-state index contributed by atoms with van der Waals surface area (Å²) >= 11 is 12.2. The maximum Gasteiger partial charge on any atom is 0.260 e. The molecule has 3 rings (SSSR count). The molecule has 0 heterocycles.